The number of hydrogen-bond donors (Lipinski definition) is 0. The van der Waals surface area contributed by atoms with E-state index in [-0.39, 0.29) is 0 Å². The van der Waals surface area contributed by atoms with Gasteiger partial charge in [-0.15, -0.1) is 0 Å². The van der Waals surface area contributed by atoms with Crippen molar-refractivity contribution in [3.05, 3.63) is 0 Å². The van der Waals surface area contributed by atoms with Gasteiger partial charge in [-0.1, -0.05) is 23.2 Å². The first-order valence-electron chi connectivity index (χ1n) is 2.46. The van der Waals surface area contributed by atoms with E-state index in [2.05, 4.69) is 23.2 Å². The molecule has 12 heavy (non-hydrogen) atoms. The Hall–Kier alpha value is 0.160. The van der Waals surface area contributed by atoms with Gasteiger partial charge in [-0.3, -0.25) is 0 Å². The second-order valence-corrected chi connectivity index (χ2v) is 2.95. The summed E-state index contributed by atoms with van der Waals surface area (Å²) in [5, 5.41) is -9.19. The Morgan fingerprint density at radius 3 is 1.00 bits per heavy atom. The molecule has 0 aromatic heterocycles. The van der Waals surface area contributed by atoms with E-state index in [0.717, 1.165) is 0 Å². The maximum Gasteiger partial charge on any atom is 0.296 e. The van der Waals surface area contributed by atoms with Crippen molar-refractivity contribution in [3.8, 4) is 0 Å². The zero-order valence-electron chi connectivity index (χ0n) is 5.18. The summed E-state index contributed by atoms with van der Waals surface area (Å²) < 4.78 is 70.6. The molecule has 0 heterocycles. The predicted molar refractivity (Wildman–Crippen MR) is 31.4 cm³/mol. The van der Waals surface area contributed by atoms with Crippen LogP contribution in [0.15, 0.2) is 0 Å². The molecule has 0 fully saturated rings. The minimum Gasteiger partial charge on any atom is -0.214 e. The van der Waals surface area contributed by atoms with Gasteiger partial charge in [0.2, 0.25) is 0 Å². The standard InChI is InChI=1S/C4H2Cl2F6/c5-3(11,1(7)8)4(6,12)2(9)10/h1-2H. The second kappa shape index (κ2) is 3.49. The third-order valence-corrected chi connectivity index (χ3v) is 1.97. The smallest absolute Gasteiger partial charge is 0.214 e. The molecule has 0 saturated heterocycles. The Kier molecular flexibility index (Phi) is 3.54. The molecule has 2 unspecified atom stereocenters. The molecule has 0 radical (unpaired) electrons. The molecule has 0 aromatic rings. The maximum absolute atomic E-state index is 12.3. The molecule has 0 nitrogen and oxygen atoms in total. The van der Waals surface area contributed by atoms with E-state index in [0.29, 0.717) is 0 Å². The van der Waals surface area contributed by atoms with Crippen LogP contribution in [0.5, 0.6) is 0 Å². The molecule has 0 aliphatic carbocycles. The third kappa shape index (κ3) is 1.90. The van der Waals surface area contributed by atoms with E-state index in [1.807, 2.05) is 0 Å². The summed E-state index contributed by atoms with van der Waals surface area (Å²) in [6.07, 6.45) is -8.29. The van der Waals surface area contributed by atoms with Crippen LogP contribution in [-0.2, 0) is 0 Å². The molecule has 8 heteroatoms. The zero-order valence-corrected chi connectivity index (χ0v) is 6.69. The van der Waals surface area contributed by atoms with Crippen molar-refractivity contribution in [2.45, 2.75) is 23.1 Å². The Morgan fingerprint density at radius 1 is 0.750 bits per heavy atom. The summed E-state index contributed by atoms with van der Waals surface area (Å²) in [5.74, 6) is 0. The minimum absolute atomic E-state index is 4.14. The van der Waals surface area contributed by atoms with Crippen molar-refractivity contribution in [2.75, 3.05) is 0 Å². The fourth-order valence-corrected chi connectivity index (χ4v) is 0.456. The molecule has 0 rings (SSSR count). The van der Waals surface area contributed by atoms with E-state index < -0.39 is 23.1 Å². The van der Waals surface area contributed by atoms with Gasteiger partial charge in [0.25, 0.3) is 23.1 Å². The first kappa shape index (κ1) is 12.2. The largest absolute Gasteiger partial charge is 0.296 e. The van der Waals surface area contributed by atoms with Gasteiger partial charge in [0.15, 0.2) is 0 Å². The number of alkyl halides is 8. The Bertz CT molecular complexity index is 138. The number of halogens is 8. The van der Waals surface area contributed by atoms with Crippen LogP contribution in [0.2, 0.25) is 0 Å². The number of rotatable bonds is 3. The van der Waals surface area contributed by atoms with Crippen molar-refractivity contribution >= 4 is 23.2 Å². The van der Waals surface area contributed by atoms with Crippen LogP contribution in [0.3, 0.4) is 0 Å². The van der Waals surface area contributed by atoms with Gasteiger partial charge in [0.05, 0.1) is 0 Å². The Balaban J connectivity index is 4.75. The zero-order chi connectivity index (χ0) is 10.2. The van der Waals surface area contributed by atoms with Crippen LogP contribution < -0.4 is 0 Å². The van der Waals surface area contributed by atoms with E-state index in [9.17, 15) is 26.3 Å². The van der Waals surface area contributed by atoms with E-state index in [1.54, 1.807) is 0 Å². The summed E-state index contributed by atoms with van der Waals surface area (Å²) in [5.41, 5.74) is 0. The van der Waals surface area contributed by atoms with Crippen LogP contribution >= 0.6 is 23.2 Å². The quantitative estimate of drug-likeness (QED) is 0.519. The van der Waals surface area contributed by atoms with Crippen molar-refractivity contribution < 1.29 is 26.3 Å². The van der Waals surface area contributed by atoms with Crippen LogP contribution in [0, 0.1) is 0 Å². The maximum atomic E-state index is 12.3. The summed E-state index contributed by atoms with van der Waals surface area (Å²) >= 11 is 8.31. The molecule has 0 bridgehead atoms. The molecule has 0 aliphatic heterocycles. The lowest BCUT2D eigenvalue weighted by Gasteiger charge is -2.27. The molecule has 0 N–H and O–H groups in total. The van der Waals surface area contributed by atoms with Crippen molar-refractivity contribution in [3.63, 3.8) is 0 Å². The summed E-state index contributed by atoms with van der Waals surface area (Å²) in [6, 6.07) is 0. The highest BCUT2D eigenvalue weighted by atomic mass is 35.5. The van der Waals surface area contributed by atoms with Crippen molar-refractivity contribution in [1.29, 1.82) is 0 Å². The summed E-state index contributed by atoms with van der Waals surface area (Å²) in [7, 11) is 0. The first-order chi connectivity index (χ1) is 5.14. The fraction of sp³-hybridized carbons (Fsp3) is 1.00. The van der Waals surface area contributed by atoms with Crippen LogP contribution in [0.1, 0.15) is 0 Å². The summed E-state index contributed by atoms with van der Waals surface area (Å²) in [4.78, 5) is 0. The highest BCUT2D eigenvalue weighted by Crippen LogP contribution is 2.46. The van der Waals surface area contributed by atoms with E-state index >= 15 is 0 Å². The molecular weight excluding hydrogens is 233 g/mol. The molecule has 0 spiro atoms. The molecular formula is C4H2Cl2F6. The highest BCUT2D eigenvalue weighted by Gasteiger charge is 2.64. The van der Waals surface area contributed by atoms with Crippen LogP contribution in [-0.4, -0.2) is 23.1 Å². The molecule has 0 amide bonds. The highest BCUT2D eigenvalue weighted by molar-refractivity contribution is 6.33. The third-order valence-electron chi connectivity index (χ3n) is 0.993. The van der Waals surface area contributed by atoms with Crippen molar-refractivity contribution in [1.82, 2.24) is 0 Å². The topological polar surface area (TPSA) is 0 Å². The molecule has 2 atom stereocenters. The Labute approximate surface area is 73.4 Å². The van der Waals surface area contributed by atoms with Gasteiger partial charge in [0.1, 0.15) is 0 Å². The average molecular weight is 235 g/mol. The van der Waals surface area contributed by atoms with Gasteiger partial charge >= 0.3 is 0 Å². The molecule has 0 saturated carbocycles. The van der Waals surface area contributed by atoms with Gasteiger partial charge in [0, 0.05) is 0 Å². The van der Waals surface area contributed by atoms with Crippen LogP contribution in [0.4, 0.5) is 26.3 Å². The average Bonchev–Trinajstić information content (AvgIpc) is 1.86. The van der Waals surface area contributed by atoms with Crippen molar-refractivity contribution in [2.24, 2.45) is 0 Å². The lowest BCUT2D eigenvalue weighted by molar-refractivity contribution is -0.104. The van der Waals surface area contributed by atoms with E-state index in [4.69, 9.17) is 0 Å². The lowest BCUT2D eigenvalue weighted by Crippen LogP contribution is -2.49. The SMILES string of the molecule is FC(F)C(F)(Cl)C(F)(Cl)C(F)F. The fourth-order valence-electron chi connectivity index (χ4n) is 0.291. The van der Waals surface area contributed by atoms with Crippen LogP contribution in [0.25, 0.3) is 0 Å². The second-order valence-electron chi connectivity index (χ2n) is 1.85. The first-order valence-corrected chi connectivity index (χ1v) is 3.21. The van der Waals surface area contributed by atoms with Gasteiger partial charge < -0.3 is 0 Å². The molecule has 0 aromatic carbocycles. The van der Waals surface area contributed by atoms with Gasteiger partial charge in [-0.2, -0.15) is 0 Å². The molecule has 0 aliphatic rings. The lowest BCUT2D eigenvalue weighted by atomic mass is 10.2. The minimum atomic E-state index is -4.59. The van der Waals surface area contributed by atoms with Gasteiger partial charge in [-0.05, 0) is 0 Å². The summed E-state index contributed by atoms with van der Waals surface area (Å²) in [6.45, 7) is 0. The predicted octanol–water partition coefficient (Wildman–Crippen LogP) is 3.33. The molecule has 74 valence electrons. The Morgan fingerprint density at radius 2 is 0.917 bits per heavy atom. The number of hydrogen-bond acceptors (Lipinski definition) is 0. The van der Waals surface area contributed by atoms with E-state index in [1.165, 1.54) is 0 Å². The monoisotopic (exact) mass is 234 g/mol. The van der Waals surface area contributed by atoms with Gasteiger partial charge in [-0.25, -0.2) is 26.3 Å². The normalized spacial score (nSPS) is 22.5.